The lowest BCUT2D eigenvalue weighted by molar-refractivity contribution is -0.520. The number of fused-ring (bicyclic) bond motifs is 1. The third-order valence-electron chi connectivity index (χ3n) is 8.16. The van der Waals surface area contributed by atoms with Gasteiger partial charge < -0.3 is 26.6 Å². The minimum absolute atomic E-state index is 0. The number of rotatable bonds is 19. The highest BCUT2D eigenvalue weighted by Crippen LogP contribution is 2.28. The molecule has 0 bridgehead atoms. The van der Waals surface area contributed by atoms with E-state index in [1.807, 2.05) is 48.7 Å². The molecule has 2 aromatic carbocycles. The van der Waals surface area contributed by atoms with Gasteiger partial charge in [-0.15, -0.1) is 0 Å². The molecule has 0 unspecified atom stereocenters. The summed E-state index contributed by atoms with van der Waals surface area (Å²) in [4.78, 5) is 17.8. The SMILES string of the molecule is CCCCCCCCCCCCCCOc1cc(CN(C(C)=O)c2ccc(Cc3[nH]cc4cccc[n+]34)cc2)ccc1Cl.[Br-]. The molecule has 4 rings (SSSR count). The van der Waals surface area contributed by atoms with Gasteiger partial charge in [0.1, 0.15) is 11.9 Å². The van der Waals surface area contributed by atoms with E-state index in [9.17, 15) is 4.79 Å². The first-order valence-electron chi connectivity index (χ1n) is 16.3. The standard InChI is InChI=1S/C37H48ClN3O2.BrH/c1-3-4-5-6-7-8-9-10-11-12-13-16-25-43-36-26-32(20-23-35(36)38)29-41(30(2)42)33-21-18-31(19-22-33)27-37-39-28-34-17-14-15-24-40(34)37;/h14-15,17-24,26,28H,3-13,16,25,27,29H2,1-2H3;1H. The lowest BCUT2D eigenvalue weighted by Crippen LogP contribution is -3.00. The Morgan fingerprint density at radius 1 is 0.841 bits per heavy atom. The molecule has 0 aliphatic heterocycles. The monoisotopic (exact) mass is 681 g/mol. The summed E-state index contributed by atoms with van der Waals surface area (Å²) in [6, 6.07) is 20.2. The molecule has 2 aromatic heterocycles. The molecular weight excluding hydrogens is 634 g/mol. The third-order valence-corrected chi connectivity index (χ3v) is 8.47. The number of carbonyl (C=O) groups excluding carboxylic acids is 1. The number of H-pyrrole nitrogens is 1. The summed E-state index contributed by atoms with van der Waals surface area (Å²) in [5, 5.41) is 0.608. The number of hydrogen-bond donors (Lipinski definition) is 1. The molecule has 0 spiro atoms. The van der Waals surface area contributed by atoms with Gasteiger partial charge in [0.25, 0.3) is 5.82 Å². The Balaban J connectivity index is 0.00000529. The number of amides is 1. The molecule has 7 heteroatoms. The second-order valence-electron chi connectivity index (χ2n) is 11.7. The van der Waals surface area contributed by atoms with Crippen LogP contribution in [-0.4, -0.2) is 17.5 Å². The summed E-state index contributed by atoms with van der Waals surface area (Å²) < 4.78 is 8.23. The zero-order valence-corrected chi connectivity index (χ0v) is 28.8. The molecule has 0 saturated heterocycles. The Morgan fingerprint density at radius 3 is 2.14 bits per heavy atom. The molecular formula is C37H49BrClN3O2. The smallest absolute Gasteiger partial charge is 0.263 e. The first kappa shape index (κ1) is 35.6. The van der Waals surface area contributed by atoms with Crippen LogP contribution in [0.1, 0.15) is 108 Å². The molecule has 5 nitrogen and oxygen atoms in total. The zero-order valence-electron chi connectivity index (χ0n) is 26.5. The number of nitrogens with zero attached hydrogens (tertiary/aromatic N) is 2. The first-order chi connectivity index (χ1) is 21.0. The number of unbranched alkanes of at least 4 members (excludes halogenated alkanes) is 11. The lowest BCUT2D eigenvalue weighted by Gasteiger charge is -2.22. The average molecular weight is 683 g/mol. The summed E-state index contributed by atoms with van der Waals surface area (Å²) in [7, 11) is 0. The van der Waals surface area contributed by atoms with Crippen LogP contribution in [0.4, 0.5) is 5.69 Å². The van der Waals surface area contributed by atoms with Gasteiger partial charge in [-0.2, -0.15) is 4.40 Å². The van der Waals surface area contributed by atoms with Crippen LogP contribution in [0.2, 0.25) is 5.02 Å². The van der Waals surface area contributed by atoms with Gasteiger partial charge in [0.15, 0.2) is 5.52 Å². The molecule has 0 saturated carbocycles. The van der Waals surface area contributed by atoms with Gasteiger partial charge in [-0.3, -0.25) is 4.79 Å². The number of aromatic nitrogens is 2. The number of nitrogens with one attached hydrogen (secondary N) is 1. The minimum atomic E-state index is -0.00687. The predicted octanol–water partition coefficient (Wildman–Crippen LogP) is 6.63. The quantitative estimate of drug-likeness (QED) is 0.0892. The van der Waals surface area contributed by atoms with Crippen LogP contribution in [-0.2, 0) is 17.8 Å². The van der Waals surface area contributed by atoms with Crippen molar-refractivity contribution in [3.05, 3.63) is 95.0 Å². The normalized spacial score (nSPS) is 11.0. The average Bonchev–Trinajstić information content (AvgIpc) is 3.42. The lowest BCUT2D eigenvalue weighted by atomic mass is 10.1. The van der Waals surface area contributed by atoms with Gasteiger partial charge in [-0.25, -0.2) is 4.98 Å². The molecule has 238 valence electrons. The number of hydrogen-bond acceptors (Lipinski definition) is 2. The van der Waals surface area contributed by atoms with Crippen molar-refractivity contribution in [3.8, 4) is 5.75 Å². The molecule has 1 N–H and O–H groups in total. The Labute approximate surface area is 279 Å². The number of ether oxygens (including phenoxy) is 1. The van der Waals surface area contributed by atoms with Gasteiger partial charge in [0.2, 0.25) is 5.91 Å². The highest BCUT2D eigenvalue weighted by atomic mass is 79.9. The maximum atomic E-state index is 12.7. The fraction of sp³-hybridized carbons (Fsp3) is 0.459. The number of halogens is 2. The van der Waals surface area contributed by atoms with E-state index in [0.29, 0.717) is 23.9 Å². The van der Waals surface area contributed by atoms with Gasteiger partial charge >= 0.3 is 0 Å². The van der Waals surface area contributed by atoms with Crippen molar-refractivity contribution in [1.29, 1.82) is 0 Å². The van der Waals surface area contributed by atoms with E-state index in [2.05, 4.69) is 40.7 Å². The van der Waals surface area contributed by atoms with Crippen LogP contribution in [0.3, 0.4) is 0 Å². The van der Waals surface area contributed by atoms with Gasteiger partial charge in [0, 0.05) is 12.6 Å². The summed E-state index contributed by atoms with van der Waals surface area (Å²) in [5.74, 6) is 1.80. The molecule has 0 fully saturated rings. The van der Waals surface area contributed by atoms with Gasteiger partial charge in [-0.1, -0.05) is 113 Å². The molecule has 44 heavy (non-hydrogen) atoms. The highest BCUT2D eigenvalue weighted by molar-refractivity contribution is 6.32. The van der Waals surface area contributed by atoms with Crippen molar-refractivity contribution in [2.75, 3.05) is 11.5 Å². The van der Waals surface area contributed by atoms with E-state index in [-0.39, 0.29) is 22.9 Å². The highest BCUT2D eigenvalue weighted by Gasteiger charge is 2.15. The second-order valence-corrected chi connectivity index (χ2v) is 12.1. The van der Waals surface area contributed by atoms with Crippen LogP contribution < -0.4 is 31.0 Å². The Bertz CT molecular complexity index is 1410. The number of imidazole rings is 1. The Kier molecular flexibility index (Phi) is 15.8. The number of aromatic amines is 1. The molecule has 0 atom stereocenters. The number of pyridine rings is 1. The second kappa shape index (κ2) is 19.5. The van der Waals surface area contributed by atoms with Crippen molar-refractivity contribution in [2.24, 2.45) is 0 Å². The van der Waals surface area contributed by atoms with E-state index in [1.165, 1.54) is 76.2 Å². The first-order valence-corrected chi connectivity index (χ1v) is 16.7. The van der Waals surface area contributed by atoms with Crippen LogP contribution >= 0.6 is 11.6 Å². The Hall–Kier alpha value is -2.83. The topological polar surface area (TPSA) is 49.4 Å². The largest absolute Gasteiger partial charge is 1.00 e. The van der Waals surface area contributed by atoms with Gasteiger partial charge in [-0.05, 0) is 53.9 Å². The van der Waals surface area contributed by atoms with Crippen molar-refractivity contribution in [1.82, 2.24) is 4.98 Å². The van der Waals surface area contributed by atoms with E-state index < -0.39 is 0 Å². The van der Waals surface area contributed by atoms with E-state index >= 15 is 0 Å². The molecule has 0 aliphatic carbocycles. The van der Waals surface area contributed by atoms with E-state index in [1.54, 1.807) is 11.8 Å². The summed E-state index contributed by atoms with van der Waals surface area (Å²) in [5.41, 5.74) is 4.17. The maximum Gasteiger partial charge on any atom is 0.263 e. The maximum absolute atomic E-state index is 12.7. The zero-order chi connectivity index (χ0) is 30.3. The van der Waals surface area contributed by atoms with Gasteiger partial charge in [0.05, 0.1) is 30.8 Å². The van der Waals surface area contributed by atoms with Crippen molar-refractivity contribution in [3.63, 3.8) is 0 Å². The van der Waals surface area contributed by atoms with E-state index in [4.69, 9.17) is 16.3 Å². The van der Waals surface area contributed by atoms with Crippen LogP contribution in [0.25, 0.3) is 5.52 Å². The van der Waals surface area contributed by atoms with E-state index in [0.717, 1.165) is 35.4 Å². The number of benzene rings is 2. The Morgan fingerprint density at radius 2 is 1.48 bits per heavy atom. The minimum Gasteiger partial charge on any atom is -1.00 e. The van der Waals surface area contributed by atoms with Crippen molar-refractivity contribution < 1.29 is 30.9 Å². The number of anilines is 1. The van der Waals surface area contributed by atoms with Crippen molar-refractivity contribution >= 4 is 28.7 Å². The van der Waals surface area contributed by atoms with Crippen LogP contribution in [0.5, 0.6) is 5.75 Å². The molecule has 0 aliphatic rings. The molecule has 0 radical (unpaired) electrons. The number of carbonyl (C=O) groups is 1. The fourth-order valence-electron chi connectivity index (χ4n) is 5.62. The third kappa shape index (κ3) is 11.3. The molecule has 4 aromatic rings. The molecule has 2 heterocycles. The van der Waals surface area contributed by atoms with Crippen molar-refractivity contribution in [2.45, 2.75) is 104 Å². The summed E-state index contributed by atoms with van der Waals surface area (Å²) in [6.45, 7) is 5.00. The van der Waals surface area contributed by atoms with Crippen LogP contribution in [0, 0.1) is 0 Å². The summed E-state index contributed by atoms with van der Waals surface area (Å²) >= 11 is 6.47. The molecule has 1 amide bonds. The fourth-order valence-corrected chi connectivity index (χ4v) is 5.79. The van der Waals surface area contributed by atoms with Crippen LogP contribution in [0.15, 0.2) is 73.1 Å². The predicted molar refractivity (Wildman–Crippen MR) is 178 cm³/mol. The summed E-state index contributed by atoms with van der Waals surface area (Å²) in [6.07, 6.45) is 20.7.